The quantitative estimate of drug-likeness (QED) is 0.560. The van der Waals surface area contributed by atoms with Crippen molar-refractivity contribution in [3.63, 3.8) is 0 Å². The number of hydrogen-bond acceptors (Lipinski definition) is 6. The molecule has 34 heavy (non-hydrogen) atoms. The van der Waals surface area contributed by atoms with E-state index in [1.165, 1.54) is 11.3 Å². The topological polar surface area (TPSA) is 71.6 Å². The molecule has 3 aromatic rings. The van der Waals surface area contributed by atoms with Crippen LogP contribution in [0.1, 0.15) is 24.2 Å². The van der Waals surface area contributed by atoms with E-state index in [-0.39, 0.29) is 0 Å². The second-order valence-corrected chi connectivity index (χ2v) is 9.44. The molecule has 0 radical (unpaired) electrons. The third kappa shape index (κ3) is 6.30. The number of rotatable bonds is 4. The van der Waals surface area contributed by atoms with Gasteiger partial charge in [0.15, 0.2) is 0 Å². The van der Waals surface area contributed by atoms with Crippen LogP contribution in [0.5, 0.6) is 0 Å². The van der Waals surface area contributed by atoms with Crippen LogP contribution >= 0.6 is 0 Å². The van der Waals surface area contributed by atoms with Gasteiger partial charge in [0, 0.05) is 44.9 Å². The molecule has 1 fully saturated rings. The van der Waals surface area contributed by atoms with Gasteiger partial charge in [0.2, 0.25) is 0 Å². The van der Waals surface area contributed by atoms with E-state index < -0.39 is 0 Å². The zero-order valence-electron chi connectivity index (χ0n) is 20.1. The summed E-state index contributed by atoms with van der Waals surface area (Å²) < 4.78 is 0. The highest BCUT2D eigenvalue weighted by atomic mass is 15.2. The monoisotopic (exact) mass is 459 g/mol. The molecule has 0 saturated carbocycles. The van der Waals surface area contributed by atoms with Gasteiger partial charge in [-0.15, -0.1) is 0 Å². The van der Waals surface area contributed by atoms with Crippen molar-refractivity contribution < 1.29 is 0 Å². The number of fused-ring (bicyclic) bond motifs is 2. The van der Waals surface area contributed by atoms with Crippen LogP contribution in [-0.2, 0) is 13.0 Å². The van der Waals surface area contributed by atoms with E-state index in [1.807, 2.05) is 6.07 Å². The van der Waals surface area contributed by atoms with Gasteiger partial charge in [-0.25, -0.2) is 4.98 Å². The molecular weight excluding hydrogens is 422 g/mol. The lowest BCUT2D eigenvalue weighted by Gasteiger charge is -2.25. The summed E-state index contributed by atoms with van der Waals surface area (Å²) in [5.41, 5.74) is 6.00. The fraction of sp³-hybridized carbons (Fsp3) is 0.481. The minimum Gasteiger partial charge on any atom is -0.341 e. The molecule has 0 aliphatic carbocycles. The molecule has 0 amide bonds. The fourth-order valence-corrected chi connectivity index (χ4v) is 4.96. The summed E-state index contributed by atoms with van der Waals surface area (Å²) in [6, 6.07) is 16.8. The number of benzene rings is 2. The van der Waals surface area contributed by atoms with E-state index in [1.54, 1.807) is 0 Å². The molecular formula is C27H37N7. The molecule has 0 unspecified atom stereocenters. The summed E-state index contributed by atoms with van der Waals surface area (Å²) in [7, 11) is 0. The number of nitrogens with zero attached hydrogens (tertiary/aromatic N) is 4. The van der Waals surface area contributed by atoms with Crippen LogP contribution in [0.2, 0.25) is 0 Å². The Morgan fingerprint density at radius 3 is 2.21 bits per heavy atom. The van der Waals surface area contributed by atoms with Crippen LogP contribution in [-0.4, -0.2) is 84.4 Å². The van der Waals surface area contributed by atoms with Gasteiger partial charge >= 0.3 is 0 Å². The second kappa shape index (κ2) is 11.7. The predicted molar refractivity (Wildman–Crippen MR) is 140 cm³/mol. The number of aromatic nitrogens is 2. The molecule has 2 aliphatic heterocycles. The fourth-order valence-electron chi connectivity index (χ4n) is 4.96. The van der Waals surface area contributed by atoms with Gasteiger partial charge in [0.1, 0.15) is 5.82 Å². The Labute approximate surface area is 202 Å². The van der Waals surface area contributed by atoms with Crippen molar-refractivity contribution in [2.75, 3.05) is 58.9 Å². The molecule has 0 bridgehead atoms. The maximum absolute atomic E-state index is 4.88. The highest BCUT2D eigenvalue weighted by molar-refractivity contribution is 5.95. The zero-order valence-corrected chi connectivity index (χ0v) is 20.1. The van der Waals surface area contributed by atoms with E-state index in [4.69, 9.17) is 9.98 Å². The number of aliphatic imine (C=N–C) groups is 1. The maximum Gasteiger partial charge on any atom is 0.121 e. The maximum atomic E-state index is 4.88. The number of H-pyrrole nitrogens is 1. The normalized spacial score (nSPS) is 19.6. The molecule has 180 valence electrons. The zero-order chi connectivity index (χ0) is 23.0. The van der Waals surface area contributed by atoms with Gasteiger partial charge in [-0.1, -0.05) is 30.3 Å². The van der Waals surface area contributed by atoms with E-state index in [0.717, 1.165) is 107 Å². The summed E-state index contributed by atoms with van der Waals surface area (Å²) in [5, 5.41) is 7.34. The Bertz CT molecular complexity index is 1040. The first-order valence-electron chi connectivity index (χ1n) is 12.8. The van der Waals surface area contributed by atoms with Crippen molar-refractivity contribution in [2.24, 2.45) is 4.99 Å². The predicted octanol–water partition coefficient (Wildman–Crippen LogP) is 2.97. The van der Waals surface area contributed by atoms with Crippen molar-refractivity contribution in [3.05, 3.63) is 59.9 Å². The van der Waals surface area contributed by atoms with Crippen LogP contribution < -0.4 is 10.6 Å². The first kappa shape index (κ1) is 23.2. The standard InChI is InChI=1S/C27H37N7/c1-2-8-24-22(7-1)19-23(30-24)20-33-15-5-11-29-14-18-34(16-6-12-28-13-17-33)21-27-31-25-9-3-4-10-26(25)32-27/h1-4,7-10,28-29H,5-6,11-21H2,(H,31,32). The summed E-state index contributed by atoms with van der Waals surface area (Å²) >= 11 is 0. The minimum atomic E-state index is 0.870. The molecule has 2 aliphatic rings. The number of aromatic amines is 1. The minimum absolute atomic E-state index is 0.870. The molecule has 7 heteroatoms. The molecule has 3 heterocycles. The van der Waals surface area contributed by atoms with Crippen LogP contribution in [0.15, 0.2) is 53.5 Å². The molecule has 0 spiro atoms. The molecule has 7 nitrogen and oxygen atoms in total. The van der Waals surface area contributed by atoms with Crippen molar-refractivity contribution in [3.8, 4) is 0 Å². The summed E-state index contributed by atoms with van der Waals surface area (Å²) in [6.07, 6.45) is 3.30. The summed E-state index contributed by atoms with van der Waals surface area (Å²) in [6.45, 7) is 10.3. The number of hydrogen-bond donors (Lipinski definition) is 3. The number of imidazole rings is 1. The molecule has 0 atom stereocenters. The Hall–Kier alpha value is -2.58. The van der Waals surface area contributed by atoms with E-state index >= 15 is 0 Å². The smallest absolute Gasteiger partial charge is 0.121 e. The molecule has 5 rings (SSSR count). The van der Waals surface area contributed by atoms with Crippen molar-refractivity contribution >= 4 is 22.4 Å². The second-order valence-electron chi connectivity index (χ2n) is 9.44. The lowest BCUT2D eigenvalue weighted by Crippen LogP contribution is -2.40. The van der Waals surface area contributed by atoms with Gasteiger partial charge in [0.25, 0.3) is 0 Å². The largest absolute Gasteiger partial charge is 0.341 e. The molecule has 2 aromatic carbocycles. The Balaban J connectivity index is 1.10. The first-order valence-corrected chi connectivity index (χ1v) is 12.8. The Kier molecular flexibility index (Phi) is 7.98. The van der Waals surface area contributed by atoms with Crippen molar-refractivity contribution in [2.45, 2.75) is 25.8 Å². The van der Waals surface area contributed by atoms with Gasteiger partial charge in [-0.05, 0) is 62.8 Å². The van der Waals surface area contributed by atoms with Crippen LogP contribution in [0.25, 0.3) is 11.0 Å². The van der Waals surface area contributed by atoms with Crippen molar-refractivity contribution in [1.29, 1.82) is 0 Å². The van der Waals surface area contributed by atoms with Crippen molar-refractivity contribution in [1.82, 2.24) is 30.4 Å². The first-order chi connectivity index (χ1) is 16.8. The van der Waals surface area contributed by atoms with Gasteiger partial charge in [0.05, 0.1) is 23.3 Å². The van der Waals surface area contributed by atoms with E-state index in [9.17, 15) is 0 Å². The Morgan fingerprint density at radius 1 is 0.735 bits per heavy atom. The van der Waals surface area contributed by atoms with Crippen LogP contribution in [0.4, 0.5) is 5.69 Å². The number of para-hydroxylation sites is 3. The van der Waals surface area contributed by atoms with Crippen LogP contribution in [0, 0.1) is 0 Å². The average Bonchev–Trinajstić information content (AvgIpc) is 3.45. The molecule has 1 saturated heterocycles. The van der Waals surface area contributed by atoms with Gasteiger partial charge < -0.3 is 15.6 Å². The highest BCUT2D eigenvalue weighted by Gasteiger charge is 2.17. The summed E-state index contributed by atoms with van der Waals surface area (Å²) in [4.78, 5) is 18.2. The summed E-state index contributed by atoms with van der Waals surface area (Å²) in [5.74, 6) is 1.06. The molecule has 1 aromatic heterocycles. The highest BCUT2D eigenvalue weighted by Crippen LogP contribution is 2.26. The lowest BCUT2D eigenvalue weighted by molar-refractivity contribution is 0.248. The average molecular weight is 460 g/mol. The van der Waals surface area contributed by atoms with Crippen LogP contribution in [0.3, 0.4) is 0 Å². The third-order valence-corrected chi connectivity index (χ3v) is 6.75. The molecule has 3 N–H and O–H groups in total. The third-order valence-electron chi connectivity index (χ3n) is 6.75. The number of nitrogens with one attached hydrogen (secondary N) is 3. The SMILES string of the molecule is c1ccc2c(c1)CC(CN1CCCNCCN(Cc3nc4ccccc4[nH]3)CCCNCC1)=N2. The van der Waals surface area contributed by atoms with E-state index in [2.05, 4.69) is 67.9 Å². The Morgan fingerprint density at radius 2 is 1.44 bits per heavy atom. The van der Waals surface area contributed by atoms with Gasteiger partial charge in [-0.2, -0.15) is 0 Å². The lowest BCUT2D eigenvalue weighted by atomic mass is 10.1. The van der Waals surface area contributed by atoms with Gasteiger partial charge in [-0.3, -0.25) is 14.8 Å². The van der Waals surface area contributed by atoms with E-state index in [0.29, 0.717) is 0 Å².